The molecule has 0 amide bonds. The minimum atomic E-state index is 0.293. The van der Waals surface area contributed by atoms with E-state index in [1.54, 1.807) is 0 Å². The highest BCUT2D eigenvalue weighted by Gasteiger charge is 2.28. The van der Waals surface area contributed by atoms with E-state index in [2.05, 4.69) is 36.0 Å². The Balaban J connectivity index is 1.53. The number of aliphatic hydroxyl groups excluding tert-OH is 1. The minimum Gasteiger partial charge on any atom is -0.454 e. The molecule has 0 aromatic carbocycles. The minimum absolute atomic E-state index is 0.293. The van der Waals surface area contributed by atoms with Crippen LogP contribution in [0.15, 0.2) is 21.6 Å². The highest BCUT2D eigenvalue weighted by Crippen LogP contribution is 2.35. The lowest BCUT2D eigenvalue weighted by Crippen LogP contribution is -2.44. The van der Waals surface area contributed by atoms with Crippen LogP contribution in [-0.4, -0.2) is 60.5 Å². The van der Waals surface area contributed by atoms with Gasteiger partial charge in [-0.2, -0.15) is 0 Å². The van der Waals surface area contributed by atoms with Gasteiger partial charge in [-0.05, 0) is 57.3 Å². The summed E-state index contributed by atoms with van der Waals surface area (Å²) in [6, 6.07) is 4.30. The number of likely N-dealkylation sites (tertiary alicyclic amines) is 1. The Kier molecular flexibility index (Phi) is 7.28. The number of thioether (sulfide) groups is 1. The van der Waals surface area contributed by atoms with Crippen LogP contribution in [0.2, 0.25) is 0 Å². The van der Waals surface area contributed by atoms with Gasteiger partial charge in [-0.25, -0.2) is 0 Å². The summed E-state index contributed by atoms with van der Waals surface area (Å²) in [6.07, 6.45) is 7.93. The molecular formula is C20H34N2O2S. The predicted octanol–water partition coefficient (Wildman–Crippen LogP) is 3.70. The SMILES string of the molecule is CN(C)C[C@@H]1C[C@@H](CO)CN(Cc2ccc(SC3CCCCC3)o2)C1. The van der Waals surface area contributed by atoms with E-state index in [4.69, 9.17) is 4.42 Å². The highest BCUT2D eigenvalue weighted by atomic mass is 32.2. The predicted molar refractivity (Wildman–Crippen MR) is 104 cm³/mol. The molecule has 0 spiro atoms. The Morgan fingerprint density at radius 1 is 1.16 bits per heavy atom. The molecule has 1 N–H and O–H groups in total. The Morgan fingerprint density at radius 3 is 2.64 bits per heavy atom. The van der Waals surface area contributed by atoms with Crippen LogP contribution in [-0.2, 0) is 6.54 Å². The van der Waals surface area contributed by atoms with Crippen molar-refractivity contribution in [1.82, 2.24) is 9.80 Å². The van der Waals surface area contributed by atoms with Crippen molar-refractivity contribution in [3.8, 4) is 0 Å². The summed E-state index contributed by atoms with van der Waals surface area (Å²) >= 11 is 1.93. The number of furan rings is 1. The Hall–Kier alpha value is -0.490. The number of hydrogen-bond acceptors (Lipinski definition) is 5. The van der Waals surface area contributed by atoms with Crippen LogP contribution in [0.25, 0.3) is 0 Å². The van der Waals surface area contributed by atoms with Crippen LogP contribution in [0.4, 0.5) is 0 Å². The first-order valence-corrected chi connectivity index (χ1v) is 10.7. The maximum absolute atomic E-state index is 9.65. The van der Waals surface area contributed by atoms with Crippen molar-refractivity contribution in [2.24, 2.45) is 11.8 Å². The van der Waals surface area contributed by atoms with Gasteiger partial charge in [0.1, 0.15) is 5.76 Å². The monoisotopic (exact) mass is 366 g/mol. The third-order valence-corrected chi connectivity index (χ3v) is 6.69. The molecule has 1 aromatic rings. The summed E-state index contributed by atoms with van der Waals surface area (Å²) in [5.74, 6) is 2.09. The smallest absolute Gasteiger partial charge is 0.160 e. The summed E-state index contributed by atoms with van der Waals surface area (Å²) < 4.78 is 6.12. The fraction of sp³-hybridized carbons (Fsp3) is 0.800. The summed E-state index contributed by atoms with van der Waals surface area (Å²) in [5, 5.41) is 11.5. The molecule has 1 aliphatic heterocycles. The van der Waals surface area contributed by atoms with Crippen molar-refractivity contribution in [2.75, 3.05) is 40.3 Å². The molecular weight excluding hydrogens is 332 g/mol. The Labute approximate surface area is 156 Å². The summed E-state index contributed by atoms with van der Waals surface area (Å²) in [6.45, 7) is 4.33. The largest absolute Gasteiger partial charge is 0.454 e. The second kappa shape index (κ2) is 9.45. The van der Waals surface area contributed by atoms with Gasteiger partial charge in [-0.1, -0.05) is 31.0 Å². The van der Waals surface area contributed by atoms with Gasteiger partial charge < -0.3 is 14.4 Å². The van der Waals surface area contributed by atoms with Crippen LogP contribution in [0.1, 0.15) is 44.3 Å². The third kappa shape index (κ3) is 6.02. The molecule has 2 aliphatic rings. The fourth-order valence-electron chi connectivity index (χ4n) is 4.41. The number of piperidine rings is 1. The van der Waals surface area contributed by atoms with E-state index < -0.39 is 0 Å². The summed E-state index contributed by atoms with van der Waals surface area (Å²) in [4.78, 5) is 4.72. The average molecular weight is 367 g/mol. The Morgan fingerprint density at radius 2 is 1.92 bits per heavy atom. The van der Waals surface area contributed by atoms with Crippen molar-refractivity contribution in [3.05, 3.63) is 17.9 Å². The van der Waals surface area contributed by atoms with Crippen molar-refractivity contribution in [3.63, 3.8) is 0 Å². The van der Waals surface area contributed by atoms with Crippen molar-refractivity contribution >= 4 is 11.8 Å². The standard InChI is InChI=1S/C20H34N2O2S/c1-21(2)11-16-10-17(15-23)13-22(12-16)14-18-8-9-20(24-18)25-19-6-4-3-5-7-19/h8-9,16-17,19,23H,3-7,10-15H2,1-2H3/t16-,17+/m0/s1. The van der Waals surface area contributed by atoms with E-state index in [0.717, 1.165) is 48.7 Å². The van der Waals surface area contributed by atoms with Crippen LogP contribution >= 0.6 is 11.8 Å². The first-order valence-electron chi connectivity index (χ1n) is 9.85. The molecule has 1 saturated carbocycles. The van der Waals surface area contributed by atoms with Gasteiger partial charge in [0.2, 0.25) is 0 Å². The highest BCUT2D eigenvalue weighted by molar-refractivity contribution is 7.99. The maximum atomic E-state index is 9.65. The Bertz CT molecular complexity index is 514. The van der Waals surface area contributed by atoms with E-state index in [1.165, 1.54) is 32.1 Å². The van der Waals surface area contributed by atoms with E-state index in [1.807, 2.05) is 11.8 Å². The molecule has 2 heterocycles. The lowest BCUT2D eigenvalue weighted by atomic mass is 9.89. The van der Waals surface area contributed by atoms with Gasteiger partial charge >= 0.3 is 0 Å². The van der Waals surface area contributed by atoms with E-state index >= 15 is 0 Å². The van der Waals surface area contributed by atoms with E-state index in [9.17, 15) is 5.11 Å². The molecule has 1 saturated heterocycles. The number of nitrogens with zero attached hydrogens (tertiary/aromatic N) is 2. The molecule has 2 fully saturated rings. The van der Waals surface area contributed by atoms with Gasteiger partial charge in [0, 0.05) is 31.5 Å². The van der Waals surface area contributed by atoms with Gasteiger partial charge in [0.15, 0.2) is 5.09 Å². The van der Waals surface area contributed by atoms with Crippen LogP contribution < -0.4 is 0 Å². The molecule has 3 rings (SSSR count). The normalized spacial score (nSPS) is 26.4. The summed E-state index contributed by atoms with van der Waals surface area (Å²) in [5.41, 5.74) is 0. The zero-order valence-corrected chi connectivity index (χ0v) is 16.6. The number of rotatable bonds is 7. The first kappa shape index (κ1) is 19.3. The van der Waals surface area contributed by atoms with Crippen molar-refractivity contribution in [2.45, 2.75) is 55.4 Å². The van der Waals surface area contributed by atoms with Crippen LogP contribution in [0.5, 0.6) is 0 Å². The van der Waals surface area contributed by atoms with Crippen molar-refractivity contribution in [1.29, 1.82) is 0 Å². The van der Waals surface area contributed by atoms with Gasteiger partial charge in [-0.15, -0.1) is 0 Å². The van der Waals surface area contributed by atoms with Gasteiger partial charge in [0.25, 0.3) is 0 Å². The van der Waals surface area contributed by atoms with Crippen molar-refractivity contribution < 1.29 is 9.52 Å². The molecule has 0 bridgehead atoms. The molecule has 1 aromatic heterocycles. The maximum Gasteiger partial charge on any atom is 0.160 e. The number of aliphatic hydroxyl groups is 1. The first-order chi connectivity index (χ1) is 12.1. The topological polar surface area (TPSA) is 39.9 Å². The quantitative estimate of drug-likeness (QED) is 0.797. The molecule has 5 heteroatoms. The van der Waals surface area contributed by atoms with Gasteiger partial charge in [-0.3, -0.25) is 4.90 Å². The molecule has 4 nitrogen and oxygen atoms in total. The van der Waals surface area contributed by atoms with Gasteiger partial charge in [0.05, 0.1) is 6.54 Å². The van der Waals surface area contributed by atoms with E-state index in [0.29, 0.717) is 18.4 Å². The zero-order valence-electron chi connectivity index (χ0n) is 15.8. The lowest BCUT2D eigenvalue weighted by Gasteiger charge is -2.37. The fourth-order valence-corrected chi connectivity index (χ4v) is 5.61. The number of hydrogen-bond donors (Lipinski definition) is 1. The zero-order chi connectivity index (χ0) is 17.6. The van der Waals surface area contributed by atoms with Crippen LogP contribution in [0.3, 0.4) is 0 Å². The second-order valence-electron chi connectivity index (χ2n) is 8.21. The second-order valence-corrected chi connectivity index (χ2v) is 9.51. The summed E-state index contributed by atoms with van der Waals surface area (Å²) in [7, 11) is 4.27. The van der Waals surface area contributed by atoms with E-state index in [-0.39, 0.29) is 0 Å². The molecule has 25 heavy (non-hydrogen) atoms. The third-order valence-electron chi connectivity index (χ3n) is 5.43. The lowest BCUT2D eigenvalue weighted by molar-refractivity contribution is 0.0644. The average Bonchev–Trinajstić information content (AvgIpc) is 3.01. The molecule has 142 valence electrons. The van der Waals surface area contributed by atoms with Crippen LogP contribution in [0, 0.1) is 11.8 Å². The molecule has 0 unspecified atom stereocenters. The molecule has 0 radical (unpaired) electrons. The molecule has 2 atom stereocenters. The molecule has 1 aliphatic carbocycles.